The molecule has 1 fully saturated rings. The molecule has 0 aromatic heterocycles. The van der Waals surface area contributed by atoms with E-state index in [1.165, 1.54) is 6.42 Å². The Balaban J connectivity index is 1.63. The van der Waals surface area contributed by atoms with E-state index in [0.717, 1.165) is 12.8 Å². The molecule has 0 spiro atoms. The molecule has 1 aliphatic rings. The summed E-state index contributed by atoms with van der Waals surface area (Å²) in [6.07, 6.45) is 3.21. The lowest BCUT2D eigenvalue weighted by Gasteiger charge is -2.34. The van der Waals surface area contributed by atoms with E-state index in [0.29, 0.717) is 17.4 Å². The van der Waals surface area contributed by atoms with E-state index in [1.807, 2.05) is 6.07 Å². The number of hydrogen-bond donors (Lipinski definition) is 1. The van der Waals surface area contributed by atoms with Gasteiger partial charge in [-0.25, -0.2) is 4.79 Å². The molecule has 1 saturated carbocycles. The summed E-state index contributed by atoms with van der Waals surface area (Å²) < 4.78 is 5.22. The number of rotatable bonds is 6. The van der Waals surface area contributed by atoms with Crippen molar-refractivity contribution in [1.29, 1.82) is 0 Å². The highest BCUT2D eigenvalue weighted by atomic mass is 16.5. The van der Waals surface area contributed by atoms with E-state index >= 15 is 0 Å². The van der Waals surface area contributed by atoms with E-state index in [4.69, 9.17) is 4.74 Å². The van der Waals surface area contributed by atoms with E-state index in [-0.39, 0.29) is 35.5 Å². The van der Waals surface area contributed by atoms with Crippen LogP contribution in [0.5, 0.6) is 0 Å². The molecule has 1 amide bonds. The van der Waals surface area contributed by atoms with E-state index < -0.39 is 5.97 Å². The van der Waals surface area contributed by atoms with Crippen molar-refractivity contribution in [3.8, 4) is 0 Å². The lowest BCUT2D eigenvalue weighted by atomic mass is 9.78. The molecule has 1 N–H and O–H groups in total. The van der Waals surface area contributed by atoms with Gasteiger partial charge in [-0.2, -0.15) is 0 Å². The summed E-state index contributed by atoms with van der Waals surface area (Å²) in [5.74, 6) is -0.283. The van der Waals surface area contributed by atoms with Gasteiger partial charge < -0.3 is 10.1 Å². The molecule has 0 heterocycles. The normalized spacial score (nSPS) is 21.2. The maximum absolute atomic E-state index is 12.8. The van der Waals surface area contributed by atoms with Crippen molar-refractivity contribution < 1.29 is 19.1 Å². The second-order valence-corrected chi connectivity index (χ2v) is 7.76. The van der Waals surface area contributed by atoms with E-state index in [9.17, 15) is 14.4 Å². The van der Waals surface area contributed by atoms with Gasteiger partial charge in [-0.05, 0) is 24.3 Å². The van der Waals surface area contributed by atoms with Gasteiger partial charge in [0.2, 0.25) is 0 Å². The molecule has 5 nitrogen and oxygen atoms in total. The second-order valence-electron chi connectivity index (χ2n) is 7.76. The Bertz CT molecular complexity index is 877. The van der Waals surface area contributed by atoms with Crippen molar-refractivity contribution in [2.45, 2.75) is 39.2 Å². The molecule has 3 atom stereocenters. The number of ether oxygens (including phenoxy) is 1. The number of benzene rings is 2. The second kappa shape index (κ2) is 9.50. The summed E-state index contributed by atoms with van der Waals surface area (Å²) in [6, 6.07) is 15.4. The van der Waals surface area contributed by atoms with Crippen LogP contribution in [0.15, 0.2) is 54.6 Å². The first kappa shape index (κ1) is 20.8. The summed E-state index contributed by atoms with van der Waals surface area (Å²) in [7, 11) is 0. The van der Waals surface area contributed by atoms with Gasteiger partial charge in [0.05, 0.1) is 5.56 Å². The average molecular weight is 393 g/mol. The van der Waals surface area contributed by atoms with Gasteiger partial charge in [-0.15, -0.1) is 0 Å². The Kier molecular flexibility index (Phi) is 6.81. The quantitative estimate of drug-likeness (QED) is 0.594. The first-order valence-electron chi connectivity index (χ1n) is 10.1. The van der Waals surface area contributed by atoms with Gasteiger partial charge in [0, 0.05) is 17.2 Å². The number of amides is 1. The highest BCUT2D eigenvalue weighted by molar-refractivity contribution is 6.14. The SMILES string of the molecule is C[C@H]1[C@@H](NC(=O)COC(=O)c2ccccc2C(=O)c2ccccc2)CCC[C@@H]1C. The van der Waals surface area contributed by atoms with Gasteiger partial charge in [0.25, 0.3) is 5.91 Å². The Morgan fingerprint density at radius 1 is 0.931 bits per heavy atom. The molecule has 0 aliphatic heterocycles. The molecule has 0 saturated heterocycles. The third kappa shape index (κ3) is 5.11. The maximum Gasteiger partial charge on any atom is 0.339 e. The summed E-state index contributed by atoms with van der Waals surface area (Å²) >= 11 is 0. The number of carbonyl (C=O) groups is 3. The summed E-state index contributed by atoms with van der Waals surface area (Å²) in [4.78, 5) is 37.6. The van der Waals surface area contributed by atoms with Crippen LogP contribution in [0, 0.1) is 11.8 Å². The predicted octanol–water partition coefficient (Wildman–Crippen LogP) is 4.02. The molecular weight excluding hydrogens is 366 g/mol. The Morgan fingerprint density at radius 3 is 2.31 bits per heavy atom. The minimum Gasteiger partial charge on any atom is -0.452 e. The fourth-order valence-electron chi connectivity index (χ4n) is 3.85. The fourth-order valence-corrected chi connectivity index (χ4v) is 3.85. The standard InChI is InChI=1S/C24H27NO4/c1-16-9-8-14-21(17(16)2)25-22(26)15-29-24(28)20-13-7-6-12-19(20)23(27)18-10-4-3-5-11-18/h3-7,10-13,16-17,21H,8-9,14-15H2,1-2H3,(H,25,26)/t16-,17+,21-/m0/s1. The lowest BCUT2D eigenvalue weighted by Crippen LogP contribution is -2.45. The van der Waals surface area contributed by atoms with Crippen molar-refractivity contribution in [2.24, 2.45) is 11.8 Å². The lowest BCUT2D eigenvalue weighted by molar-refractivity contribution is -0.125. The number of nitrogens with one attached hydrogen (secondary N) is 1. The summed E-state index contributed by atoms with van der Waals surface area (Å²) in [5, 5.41) is 2.99. The fraction of sp³-hybridized carbons (Fsp3) is 0.375. The zero-order valence-electron chi connectivity index (χ0n) is 16.9. The van der Waals surface area contributed by atoms with Crippen molar-refractivity contribution in [3.05, 3.63) is 71.3 Å². The molecule has 152 valence electrons. The number of ketones is 1. The van der Waals surface area contributed by atoms with E-state index in [2.05, 4.69) is 19.2 Å². The average Bonchev–Trinajstić information content (AvgIpc) is 2.75. The largest absolute Gasteiger partial charge is 0.452 e. The summed E-state index contributed by atoms with van der Waals surface area (Å²) in [6.45, 7) is 3.99. The van der Waals surface area contributed by atoms with Crippen molar-refractivity contribution in [3.63, 3.8) is 0 Å². The molecule has 0 radical (unpaired) electrons. The van der Waals surface area contributed by atoms with Crippen LogP contribution in [-0.4, -0.2) is 30.3 Å². The third-order valence-corrected chi connectivity index (χ3v) is 5.82. The molecule has 1 aliphatic carbocycles. The van der Waals surface area contributed by atoms with Crippen LogP contribution in [0.1, 0.15) is 59.4 Å². The molecule has 5 heteroatoms. The topological polar surface area (TPSA) is 72.5 Å². The minimum absolute atomic E-state index is 0.108. The van der Waals surface area contributed by atoms with Crippen LogP contribution >= 0.6 is 0 Å². The van der Waals surface area contributed by atoms with Gasteiger partial charge >= 0.3 is 5.97 Å². The maximum atomic E-state index is 12.8. The van der Waals surface area contributed by atoms with Gasteiger partial charge in [-0.3, -0.25) is 9.59 Å². The molecular formula is C24H27NO4. The number of esters is 1. The number of carbonyl (C=O) groups excluding carboxylic acids is 3. The van der Waals surface area contributed by atoms with Crippen LogP contribution in [0.25, 0.3) is 0 Å². The van der Waals surface area contributed by atoms with Gasteiger partial charge in [-0.1, -0.05) is 75.2 Å². The van der Waals surface area contributed by atoms with Crippen molar-refractivity contribution in [1.82, 2.24) is 5.32 Å². The summed E-state index contributed by atoms with van der Waals surface area (Å²) in [5.41, 5.74) is 0.915. The highest BCUT2D eigenvalue weighted by Crippen LogP contribution is 2.29. The van der Waals surface area contributed by atoms with E-state index in [1.54, 1.807) is 48.5 Å². The Hall–Kier alpha value is -2.95. The molecule has 0 bridgehead atoms. The minimum atomic E-state index is -0.676. The van der Waals surface area contributed by atoms with Crippen LogP contribution in [-0.2, 0) is 9.53 Å². The molecule has 2 aromatic rings. The molecule has 3 rings (SSSR count). The monoisotopic (exact) mass is 393 g/mol. The molecule has 2 aromatic carbocycles. The smallest absolute Gasteiger partial charge is 0.339 e. The predicted molar refractivity (Wildman–Crippen MR) is 111 cm³/mol. The Labute approximate surface area is 171 Å². The van der Waals surface area contributed by atoms with Gasteiger partial charge in [0.15, 0.2) is 12.4 Å². The van der Waals surface area contributed by atoms with Crippen molar-refractivity contribution >= 4 is 17.7 Å². The van der Waals surface area contributed by atoms with Crippen LogP contribution in [0.2, 0.25) is 0 Å². The highest BCUT2D eigenvalue weighted by Gasteiger charge is 2.28. The molecule has 0 unspecified atom stereocenters. The van der Waals surface area contributed by atoms with Crippen molar-refractivity contribution in [2.75, 3.05) is 6.61 Å². The van der Waals surface area contributed by atoms with Crippen LogP contribution < -0.4 is 5.32 Å². The third-order valence-electron chi connectivity index (χ3n) is 5.82. The first-order valence-corrected chi connectivity index (χ1v) is 10.1. The Morgan fingerprint density at radius 2 is 1.59 bits per heavy atom. The zero-order valence-corrected chi connectivity index (χ0v) is 16.9. The first-order chi connectivity index (χ1) is 14.0. The van der Waals surface area contributed by atoms with Crippen LogP contribution in [0.3, 0.4) is 0 Å². The van der Waals surface area contributed by atoms with Crippen LogP contribution in [0.4, 0.5) is 0 Å². The molecule has 29 heavy (non-hydrogen) atoms. The zero-order chi connectivity index (χ0) is 20.8. The number of hydrogen-bond acceptors (Lipinski definition) is 4. The van der Waals surface area contributed by atoms with Gasteiger partial charge in [0.1, 0.15) is 0 Å².